The van der Waals surface area contributed by atoms with Crippen LogP contribution in [0, 0.1) is 6.92 Å². The number of rotatable bonds is 6. The molecule has 1 unspecified atom stereocenters. The lowest BCUT2D eigenvalue weighted by Gasteiger charge is -2.37. The number of amides is 1. The maximum Gasteiger partial charge on any atom is 0.261 e. The van der Waals surface area contributed by atoms with Crippen molar-refractivity contribution in [2.24, 2.45) is 0 Å². The highest BCUT2D eigenvalue weighted by Crippen LogP contribution is 2.36. The maximum atomic E-state index is 12.8. The number of carbonyl (C=O) groups excluding carboxylic acids is 1. The number of ether oxygens (including phenoxy) is 1. The first-order valence-corrected chi connectivity index (χ1v) is 11.5. The van der Waals surface area contributed by atoms with E-state index in [4.69, 9.17) is 4.74 Å². The quantitative estimate of drug-likeness (QED) is 0.629. The monoisotopic (exact) mass is 439 g/mol. The van der Waals surface area contributed by atoms with Crippen molar-refractivity contribution < 1.29 is 9.53 Å². The van der Waals surface area contributed by atoms with Crippen LogP contribution in [-0.2, 0) is 0 Å². The van der Waals surface area contributed by atoms with E-state index in [1.54, 1.807) is 13.4 Å². The molecule has 164 valence electrons. The van der Waals surface area contributed by atoms with Crippen LogP contribution >= 0.6 is 11.3 Å². The molecule has 1 fully saturated rings. The first-order chi connectivity index (χ1) is 15.0. The smallest absolute Gasteiger partial charge is 0.261 e. The normalized spacial score (nSPS) is 15.2. The summed E-state index contributed by atoms with van der Waals surface area (Å²) in [5.74, 6) is 1.79. The molecule has 1 N–H and O–H groups in total. The van der Waals surface area contributed by atoms with Crippen molar-refractivity contribution in [2.75, 3.05) is 43.1 Å². The van der Waals surface area contributed by atoms with Gasteiger partial charge in [-0.1, -0.05) is 19.1 Å². The molecule has 1 aromatic carbocycles. The minimum atomic E-state index is -0.0261. The Kier molecular flexibility index (Phi) is 6.27. The molecule has 4 rings (SSSR count). The second-order valence-electron chi connectivity index (χ2n) is 7.86. The maximum absolute atomic E-state index is 12.8. The molecule has 1 aliphatic rings. The Morgan fingerprint density at radius 3 is 2.61 bits per heavy atom. The fraction of sp³-hybridized carbons (Fsp3) is 0.435. The second kappa shape index (κ2) is 9.09. The molecule has 1 amide bonds. The lowest BCUT2D eigenvalue weighted by molar-refractivity contribution is 0.0943. The summed E-state index contributed by atoms with van der Waals surface area (Å²) < 4.78 is 5.53. The summed E-state index contributed by atoms with van der Waals surface area (Å²) in [5.41, 5.74) is 2.08. The van der Waals surface area contributed by atoms with Gasteiger partial charge in [0.2, 0.25) is 0 Å². The first kappa shape index (κ1) is 21.4. The number of anilines is 2. The van der Waals surface area contributed by atoms with E-state index in [0.29, 0.717) is 0 Å². The molecule has 8 heteroatoms. The largest absolute Gasteiger partial charge is 0.495 e. The third-order valence-electron chi connectivity index (χ3n) is 5.91. The number of carbonyl (C=O) groups is 1. The number of nitrogens with zero attached hydrogens (tertiary/aromatic N) is 4. The van der Waals surface area contributed by atoms with Crippen molar-refractivity contribution in [3.05, 3.63) is 41.0 Å². The van der Waals surface area contributed by atoms with Crippen LogP contribution in [-0.4, -0.2) is 55.2 Å². The lowest BCUT2D eigenvalue weighted by Crippen LogP contribution is -2.47. The van der Waals surface area contributed by atoms with E-state index in [-0.39, 0.29) is 11.9 Å². The zero-order chi connectivity index (χ0) is 22.0. The van der Waals surface area contributed by atoms with Crippen LogP contribution in [0.1, 0.15) is 35.5 Å². The van der Waals surface area contributed by atoms with Crippen LogP contribution in [0.5, 0.6) is 5.75 Å². The Labute approximate surface area is 187 Å². The Morgan fingerprint density at radius 1 is 1.19 bits per heavy atom. The molecule has 0 radical (unpaired) electrons. The van der Waals surface area contributed by atoms with Crippen LogP contribution < -0.4 is 19.9 Å². The number of para-hydroxylation sites is 2. The summed E-state index contributed by atoms with van der Waals surface area (Å²) in [6.07, 6.45) is 2.51. The average Bonchev–Trinajstić information content (AvgIpc) is 3.16. The van der Waals surface area contributed by atoms with Crippen molar-refractivity contribution >= 4 is 39.0 Å². The summed E-state index contributed by atoms with van der Waals surface area (Å²) in [5, 5.41) is 4.07. The summed E-state index contributed by atoms with van der Waals surface area (Å²) in [6, 6.07) is 8.27. The van der Waals surface area contributed by atoms with Gasteiger partial charge in [-0.25, -0.2) is 9.97 Å². The van der Waals surface area contributed by atoms with Crippen LogP contribution in [0.2, 0.25) is 0 Å². The molecule has 0 saturated carbocycles. The van der Waals surface area contributed by atoms with Gasteiger partial charge in [-0.05, 0) is 38.0 Å². The Bertz CT molecular complexity index is 1080. The topological polar surface area (TPSA) is 70.6 Å². The van der Waals surface area contributed by atoms with Crippen molar-refractivity contribution in [1.29, 1.82) is 0 Å². The molecule has 2 aromatic heterocycles. The van der Waals surface area contributed by atoms with Crippen molar-refractivity contribution in [3.8, 4) is 5.75 Å². The van der Waals surface area contributed by atoms with Gasteiger partial charge >= 0.3 is 0 Å². The molecule has 1 atom stereocenters. The van der Waals surface area contributed by atoms with Crippen molar-refractivity contribution in [3.63, 3.8) is 0 Å². The number of piperazine rings is 1. The molecule has 0 aliphatic carbocycles. The van der Waals surface area contributed by atoms with Crippen LogP contribution in [0.25, 0.3) is 10.2 Å². The molecule has 3 heterocycles. The minimum absolute atomic E-state index is 0.0261. The predicted octanol–water partition coefficient (Wildman–Crippen LogP) is 3.86. The second-order valence-corrected chi connectivity index (χ2v) is 8.86. The number of fused-ring (bicyclic) bond motifs is 1. The van der Waals surface area contributed by atoms with E-state index in [1.807, 2.05) is 32.0 Å². The number of benzene rings is 1. The van der Waals surface area contributed by atoms with Crippen LogP contribution in [0.3, 0.4) is 0 Å². The number of methoxy groups -OCH3 is 1. The molecule has 1 aliphatic heterocycles. The summed E-state index contributed by atoms with van der Waals surface area (Å²) in [7, 11) is 1.71. The first-order valence-electron chi connectivity index (χ1n) is 10.7. The number of thiophene rings is 1. The summed E-state index contributed by atoms with van der Waals surface area (Å²) in [6.45, 7) is 9.51. The molecule has 7 nitrogen and oxygen atoms in total. The van der Waals surface area contributed by atoms with Crippen LogP contribution in [0.15, 0.2) is 30.6 Å². The van der Waals surface area contributed by atoms with Crippen LogP contribution in [0.4, 0.5) is 11.5 Å². The highest BCUT2D eigenvalue weighted by atomic mass is 32.1. The molecule has 3 aromatic rings. The van der Waals surface area contributed by atoms with E-state index in [0.717, 1.165) is 70.5 Å². The van der Waals surface area contributed by atoms with Gasteiger partial charge in [-0.15, -0.1) is 11.3 Å². The molecule has 31 heavy (non-hydrogen) atoms. The number of hydrogen-bond donors (Lipinski definition) is 1. The van der Waals surface area contributed by atoms with Gasteiger partial charge in [0, 0.05) is 32.2 Å². The average molecular weight is 440 g/mol. The Balaban J connectivity index is 1.57. The van der Waals surface area contributed by atoms with Gasteiger partial charge in [-0.3, -0.25) is 4.79 Å². The highest BCUT2D eigenvalue weighted by molar-refractivity contribution is 7.20. The molecule has 0 spiro atoms. The van der Waals surface area contributed by atoms with E-state index >= 15 is 0 Å². The zero-order valence-corrected chi connectivity index (χ0v) is 19.3. The van der Waals surface area contributed by atoms with Crippen molar-refractivity contribution in [2.45, 2.75) is 33.2 Å². The Morgan fingerprint density at radius 2 is 1.90 bits per heavy atom. The fourth-order valence-electron chi connectivity index (χ4n) is 3.95. The number of aromatic nitrogens is 2. The van der Waals surface area contributed by atoms with Gasteiger partial charge in [0.15, 0.2) is 0 Å². The van der Waals surface area contributed by atoms with E-state index in [1.165, 1.54) is 11.3 Å². The third kappa shape index (κ3) is 4.17. The summed E-state index contributed by atoms with van der Waals surface area (Å²) >= 11 is 1.45. The van der Waals surface area contributed by atoms with E-state index in [9.17, 15) is 4.79 Å². The van der Waals surface area contributed by atoms with Gasteiger partial charge in [0.1, 0.15) is 22.7 Å². The molecule has 0 bridgehead atoms. The Hall–Kier alpha value is -2.87. The molecular weight excluding hydrogens is 410 g/mol. The predicted molar refractivity (Wildman–Crippen MR) is 127 cm³/mol. The zero-order valence-electron chi connectivity index (χ0n) is 18.5. The van der Waals surface area contributed by atoms with Gasteiger partial charge < -0.3 is 19.9 Å². The minimum Gasteiger partial charge on any atom is -0.495 e. The molecule has 1 saturated heterocycles. The molecular formula is C23H29N5O2S. The van der Waals surface area contributed by atoms with E-state index in [2.05, 4.69) is 38.1 Å². The van der Waals surface area contributed by atoms with Gasteiger partial charge in [0.25, 0.3) is 5.91 Å². The SMILES string of the molecule is CCC(C)NC(=O)c1sc2ncnc(N3CCN(c4ccccc4OC)CC3)c2c1C. The van der Waals surface area contributed by atoms with Gasteiger partial charge in [-0.2, -0.15) is 0 Å². The number of nitrogens with one attached hydrogen (secondary N) is 1. The third-order valence-corrected chi connectivity index (χ3v) is 7.11. The summed E-state index contributed by atoms with van der Waals surface area (Å²) in [4.78, 5) is 28.1. The van der Waals surface area contributed by atoms with Gasteiger partial charge in [0.05, 0.1) is 23.1 Å². The fourth-order valence-corrected chi connectivity index (χ4v) is 5.00. The number of hydrogen-bond acceptors (Lipinski definition) is 7. The standard InChI is InChI=1S/C23H29N5O2S/c1-5-15(2)26-22(29)20-16(3)19-21(24-14-25-23(19)31-20)28-12-10-27(11-13-28)17-8-6-7-9-18(17)30-4/h6-9,14-15H,5,10-13H2,1-4H3,(H,26,29). The van der Waals surface area contributed by atoms with Crippen molar-refractivity contribution in [1.82, 2.24) is 15.3 Å². The number of aryl methyl sites for hydroxylation is 1. The van der Waals surface area contributed by atoms with E-state index < -0.39 is 0 Å². The highest BCUT2D eigenvalue weighted by Gasteiger charge is 2.25. The lowest BCUT2D eigenvalue weighted by atomic mass is 10.1.